The summed E-state index contributed by atoms with van der Waals surface area (Å²) in [5, 5.41) is 12.5. The highest BCUT2D eigenvalue weighted by Gasteiger charge is 2.33. The lowest BCUT2D eigenvalue weighted by atomic mass is 10.0. The molecule has 7 nitrogen and oxygen atoms in total. The van der Waals surface area contributed by atoms with Gasteiger partial charge in [0.1, 0.15) is 6.61 Å². The van der Waals surface area contributed by atoms with Crippen LogP contribution in [0.5, 0.6) is 11.5 Å². The van der Waals surface area contributed by atoms with Gasteiger partial charge in [0.15, 0.2) is 11.5 Å². The van der Waals surface area contributed by atoms with Crippen LogP contribution in [-0.2, 0) is 16.0 Å². The van der Waals surface area contributed by atoms with Crippen LogP contribution in [0.15, 0.2) is 48.4 Å². The summed E-state index contributed by atoms with van der Waals surface area (Å²) in [6.07, 6.45) is 3.48. The van der Waals surface area contributed by atoms with Gasteiger partial charge in [-0.25, -0.2) is 0 Å². The largest absolute Gasteiger partial charge is 0.493 e. The van der Waals surface area contributed by atoms with Crippen molar-refractivity contribution in [2.45, 2.75) is 31.4 Å². The summed E-state index contributed by atoms with van der Waals surface area (Å²) in [6.45, 7) is 6.42. The number of carbonyl (C=O) groups is 1. The lowest BCUT2D eigenvalue weighted by molar-refractivity contribution is -0.136. The fourth-order valence-corrected chi connectivity index (χ4v) is 5.15. The topological polar surface area (TPSA) is 71.5 Å². The minimum absolute atomic E-state index is 0.0255. The maximum absolute atomic E-state index is 13.5. The maximum atomic E-state index is 13.5. The van der Waals surface area contributed by atoms with E-state index in [1.165, 1.54) is 4.88 Å². The molecule has 0 bridgehead atoms. The summed E-state index contributed by atoms with van der Waals surface area (Å²) in [7, 11) is 3.26. The third kappa shape index (κ3) is 7.06. The fourth-order valence-electron chi connectivity index (χ4n) is 4.22. The van der Waals surface area contributed by atoms with E-state index >= 15 is 0 Å². The number of benzene rings is 1. The Morgan fingerprint density at radius 3 is 2.85 bits per heavy atom. The van der Waals surface area contributed by atoms with Gasteiger partial charge in [-0.15, -0.1) is 17.9 Å². The Bertz CT molecular complexity index is 918. The van der Waals surface area contributed by atoms with Gasteiger partial charge in [0.2, 0.25) is 5.91 Å². The molecule has 0 saturated carbocycles. The second-order valence-electron chi connectivity index (χ2n) is 8.36. The number of aliphatic hydroxyl groups excluding tert-OH is 1. The Kier molecular flexibility index (Phi) is 10.4. The number of nitrogens with zero attached hydrogens (tertiary/aromatic N) is 2. The first-order valence-corrected chi connectivity index (χ1v) is 12.6. The quantitative estimate of drug-likeness (QED) is 0.410. The van der Waals surface area contributed by atoms with E-state index in [-0.39, 0.29) is 18.5 Å². The summed E-state index contributed by atoms with van der Waals surface area (Å²) in [6, 6.07) is 9.46. The number of rotatable bonds is 14. The first-order chi connectivity index (χ1) is 16.6. The summed E-state index contributed by atoms with van der Waals surface area (Å²) in [5.41, 5.74) is 1.15. The number of hydrogen-bond acceptors (Lipinski definition) is 7. The van der Waals surface area contributed by atoms with Crippen molar-refractivity contribution in [2.24, 2.45) is 0 Å². The number of amides is 1. The van der Waals surface area contributed by atoms with Crippen LogP contribution < -0.4 is 9.47 Å². The lowest BCUT2D eigenvalue weighted by Crippen LogP contribution is -2.48. The van der Waals surface area contributed by atoms with E-state index < -0.39 is 6.10 Å². The van der Waals surface area contributed by atoms with Crippen molar-refractivity contribution in [2.75, 3.05) is 53.6 Å². The predicted octanol–water partition coefficient (Wildman–Crippen LogP) is 3.54. The molecular weight excluding hydrogens is 452 g/mol. The average molecular weight is 489 g/mol. The number of fused-ring (bicyclic) bond motifs is 1. The zero-order valence-corrected chi connectivity index (χ0v) is 21.0. The summed E-state index contributed by atoms with van der Waals surface area (Å²) in [4.78, 5) is 18.7. The monoisotopic (exact) mass is 488 g/mol. The molecule has 2 atom stereocenters. The minimum Gasteiger partial charge on any atom is -0.493 e. The molecule has 1 aliphatic rings. The van der Waals surface area contributed by atoms with Gasteiger partial charge in [0.05, 0.1) is 32.4 Å². The number of ether oxygens (including phenoxy) is 3. The van der Waals surface area contributed by atoms with E-state index in [0.717, 1.165) is 18.4 Å². The SMILES string of the molecule is C=CCC[C@H](O)CN(CCOC)CC(=O)N1CCc2sccc2[C@@H]1COc1ccccc1OC. The van der Waals surface area contributed by atoms with Crippen LogP contribution in [0.2, 0.25) is 0 Å². The number of thiophene rings is 1. The molecular formula is C26H36N2O5S. The van der Waals surface area contributed by atoms with Crippen molar-refractivity contribution in [3.8, 4) is 11.5 Å². The number of hydrogen-bond donors (Lipinski definition) is 1. The molecule has 0 spiro atoms. The maximum Gasteiger partial charge on any atom is 0.237 e. The fraction of sp³-hybridized carbons (Fsp3) is 0.500. The van der Waals surface area contributed by atoms with Crippen LogP contribution >= 0.6 is 11.3 Å². The highest BCUT2D eigenvalue weighted by atomic mass is 32.1. The van der Waals surface area contributed by atoms with Crippen molar-refractivity contribution in [1.29, 1.82) is 0 Å². The molecule has 1 N–H and O–H groups in total. The van der Waals surface area contributed by atoms with Crippen molar-refractivity contribution in [3.63, 3.8) is 0 Å². The van der Waals surface area contributed by atoms with Gasteiger partial charge in [-0.1, -0.05) is 18.2 Å². The first kappa shape index (κ1) is 26.2. The number of aliphatic hydroxyl groups is 1. The number of para-hydroxylation sites is 2. The molecule has 1 aliphatic heterocycles. The molecule has 0 aliphatic carbocycles. The molecule has 3 rings (SSSR count). The van der Waals surface area contributed by atoms with Gasteiger partial charge in [-0.2, -0.15) is 0 Å². The van der Waals surface area contributed by atoms with Crippen LogP contribution in [0.25, 0.3) is 0 Å². The number of methoxy groups -OCH3 is 2. The van der Waals surface area contributed by atoms with Gasteiger partial charge < -0.3 is 24.2 Å². The van der Waals surface area contributed by atoms with E-state index in [0.29, 0.717) is 50.8 Å². The summed E-state index contributed by atoms with van der Waals surface area (Å²) < 4.78 is 16.8. The van der Waals surface area contributed by atoms with Gasteiger partial charge in [-0.05, 0) is 48.4 Å². The molecule has 0 radical (unpaired) electrons. The molecule has 0 unspecified atom stereocenters. The molecule has 1 amide bonds. The molecule has 1 aromatic heterocycles. The number of allylic oxidation sites excluding steroid dienone is 1. The Morgan fingerprint density at radius 2 is 2.12 bits per heavy atom. The third-order valence-corrected chi connectivity index (χ3v) is 7.02. The molecule has 1 aromatic carbocycles. The van der Waals surface area contributed by atoms with Crippen molar-refractivity contribution >= 4 is 17.2 Å². The normalized spacial score (nSPS) is 16.2. The lowest BCUT2D eigenvalue weighted by Gasteiger charge is -2.37. The highest BCUT2D eigenvalue weighted by Crippen LogP contribution is 2.35. The van der Waals surface area contributed by atoms with E-state index in [2.05, 4.69) is 18.0 Å². The molecule has 0 fully saturated rings. The standard InChI is InChI=1S/C26H36N2O5S/c1-4-5-8-20(29)17-27(14-15-31-2)18-26(30)28-13-11-25-21(12-16-34-25)22(28)19-33-24-10-7-6-9-23(24)32-3/h4,6-7,9-10,12,16,20,22,29H,1,5,8,11,13-15,17-19H2,2-3H3/t20-,22-/m0/s1. The molecule has 2 heterocycles. The molecule has 34 heavy (non-hydrogen) atoms. The van der Waals surface area contributed by atoms with Crippen LogP contribution in [0, 0.1) is 0 Å². The summed E-state index contributed by atoms with van der Waals surface area (Å²) in [5.74, 6) is 1.35. The van der Waals surface area contributed by atoms with Crippen molar-refractivity contribution < 1.29 is 24.1 Å². The zero-order valence-electron chi connectivity index (χ0n) is 20.2. The molecule has 8 heteroatoms. The first-order valence-electron chi connectivity index (χ1n) is 11.7. The minimum atomic E-state index is -0.517. The second-order valence-corrected chi connectivity index (χ2v) is 9.36. The molecule has 0 saturated heterocycles. The second kappa shape index (κ2) is 13.5. The Balaban J connectivity index is 1.72. The zero-order chi connectivity index (χ0) is 24.3. The van der Waals surface area contributed by atoms with Crippen molar-refractivity contribution in [1.82, 2.24) is 9.80 Å². The van der Waals surface area contributed by atoms with Crippen LogP contribution in [0.1, 0.15) is 29.3 Å². The van der Waals surface area contributed by atoms with Gasteiger partial charge in [-0.3, -0.25) is 9.69 Å². The van der Waals surface area contributed by atoms with Gasteiger partial charge in [0, 0.05) is 31.6 Å². The third-order valence-electron chi connectivity index (χ3n) is 6.02. The highest BCUT2D eigenvalue weighted by molar-refractivity contribution is 7.10. The van der Waals surface area contributed by atoms with Crippen molar-refractivity contribution in [3.05, 3.63) is 58.8 Å². The molecule has 2 aromatic rings. The van der Waals surface area contributed by atoms with E-state index in [1.807, 2.05) is 34.1 Å². The van der Waals surface area contributed by atoms with Crippen LogP contribution in [0.4, 0.5) is 0 Å². The van der Waals surface area contributed by atoms with Gasteiger partial charge >= 0.3 is 0 Å². The van der Waals surface area contributed by atoms with E-state index in [9.17, 15) is 9.90 Å². The summed E-state index contributed by atoms with van der Waals surface area (Å²) >= 11 is 1.73. The van der Waals surface area contributed by atoms with E-state index in [4.69, 9.17) is 14.2 Å². The van der Waals surface area contributed by atoms with Crippen LogP contribution in [-0.4, -0.2) is 80.5 Å². The van der Waals surface area contributed by atoms with Gasteiger partial charge in [0.25, 0.3) is 0 Å². The Labute approximate surface area is 206 Å². The smallest absolute Gasteiger partial charge is 0.237 e. The van der Waals surface area contributed by atoms with Crippen LogP contribution in [0.3, 0.4) is 0 Å². The Hall–Kier alpha value is -2.39. The molecule has 186 valence electrons. The number of carbonyl (C=O) groups excluding carboxylic acids is 1. The average Bonchev–Trinajstić information content (AvgIpc) is 3.33. The predicted molar refractivity (Wildman–Crippen MR) is 135 cm³/mol. The Morgan fingerprint density at radius 1 is 1.32 bits per heavy atom. The van der Waals surface area contributed by atoms with E-state index in [1.54, 1.807) is 31.6 Å².